The zero-order valence-corrected chi connectivity index (χ0v) is 6.36. The lowest BCUT2D eigenvalue weighted by atomic mass is 9.94. The van der Waals surface area contributed by atoms with E-state index in [1.54, 1.807) is 0 Å². The van der Waals surface area contributed by atoms with E-state index in [9.17, 15) is 5.11 Å². The second kappa shape index (κ2) is 2.44. The van der Waals surface area contributed by atoms with Crippen LogP contribution in [0, 0.1) is 11.3 Å². The van der Waals surface area contributed by atoms with Crippen LogP contribution < -0.4 is 0 Å². The summed E-state index contributed by atoms with van der Waals surface area (Å²) >= 11 is 0. The number of aliphatic hydroxyl groups is 1. The zero-order valence-electron chi connectivity index (χ0n) is 6.36. The van der Waals surface area contributed by atoms with E-state index < -0.39 is 0 Å². The highest BCUT2D eigenvalue weighted by atomic mass is 16.3. The molecule has 0 fully saturated rings. The Labute approximate surface area is 70.0 Å². The molecule has 0 aromatic heterocycles. The van der Waals surface area contributed by atoms with E-state index in [1.165, 1.54) is 6.08 Å². The number of allylic oxidation sites excluding steroid dienone is 4. The topological polar surface area (TPSA) is 56.4 Å². The van der Waals surface area contributed by atoms with Gasteiger partial charge in [-0.15, -0.1) is 0 Å². The number of hydrogen-bond acceptors (Lipinski definition) is 2. The molecule has 0 spiro atoms. The highest BCUT2D eigenvalue weighted by Gasteiger charge is 2.21. The van der Waals surface area contributed by atoms with E-state index in [-0.39, 0.29) is 17.5 Å². The van der Waals surface area contributed by atoms with Gasteiger partial charge in [0, 0.05) is 6.08 Å². The lowest BCUT2D eigenvalue weighted by Gasteiger charge is -2.18. The molecule has 12 heavy (non-hydrogen) atoms. The molecule has 2 N–H and O–H groups in total. The van der Waals surface area contributed by atoms with Crippen LogP contribution in [0.1, 0.15) is 0 Å². The van der Waals surface area contributed by atoms with Crippen molar-refractivity contribution in [3.63, 3.8) is 0 Å². The molecular formula is C9H8N2O. The molecule has 1 atom stereocenters. The molecule has 0 aromatic rings. The molecule has 0 radical (unpaired) electrons. The molecule has 2 aliphatic rings. The first-order valence-corrected chi connectivity index (χ1v) is 3.70. The normalized spacial score (nSPS) is 26.3. The van der Waals surface area contributed by atoms with Gasteiger partial charge in [-0.2, -0.15) is 0 Å². The predicted molar refractivity (Wildman–Crippen MR) is 47.6 cm³/mol. The van der Waals surface area contributed by atoms with Crippen LogP contribution >= 0.6 is 0 Å². The van der Waals surface area contributed by atoms with E-state index in [1.807, 2.05) is 24.3 Å². The molecule has 0 saturated heterocycles. The first kappa shape index (κ1) is 7.03. The Balaban J connectivity index is 2.44. The standard InChI is InChI=1S/C9H8N2O/c10-9-5-8(12)6-3-1-2-4-7(6)11-9/h1-6,10,12H. The van der Waals surface area contributed by atoms with Gasteiger partial charge in [0.05, 0.1) is 11.6 Å². The Bertz CT molecular complexity index is 348. The maximum absolute atomic E-state index is 9.43. The second-order valence-electron chi connectivity index (χ2n) is 2.71. The number of amidine groups is 1. The summed E-state index contributed by atoms with van der Waals surface area (Å²) < 4.78 is 0. The van der Waals surface area contributed by atoms with Crippen molar-refractivity contribution >= 4 is 11.5 Å². The largest absolute Gasteiger partial charge is 0.511 e. The predicted octanol–water partition coefficient (Wildman–Crippen LogP) is 1.60. The molecule has 1 heterocycles. The monoisotopic (exact) mass is 160 g/mol. The Morgan fingerprint density at radius 3 is 3.08 bits per heavy atom. The van der Waals surface area contributed by atoms with Crippen molar-refractivity contribution in [3.8, 4) is 0 Å². The summed E-state index contributed by atoms with van der Waals surface area (Å²) in [5, 5.41) is 16.7. The van der Waals surface area contributed by atoms with Crippen LogP contribution in [0.25, 0.3) is 0 Å². The molecule has 0 aromatic carbocycles. The summed E-state index contributed by atoms with van der Waals surface area (Å²) in [6.45, 7) is 0. The van der Waals surface area contributed by atoms with Crippen molar-refractivity contribution in [2.45, 2.75) is 0 Å². The van der Waals surface area contributed by atoms with E-state index in [0.29, 0.717) is 0 Å². The molecule has 1 unspecified atom stereocenters. The van der Waals surface area contributed by atoms with Gasteiger partial charge in [0.15, 0.2) is 0 Å². The molecule has 3 nitrogen and oxygen atoms in total. The van der Waals surface area contributed by atoms with E-state index >= 15 is 0 Å². The van der Waals surface area contributed by atoms with Gasteiger partial charge in [-0.3, -0.25) is 5.41 Å². The SMILES string of the molecule is N=C1C=C(O)C2C=CC=CC2=N1. The molecule has 1 aliphatic carbocycles. The fraction of sp³-hybridized carbons (Fsp3) is 0.111. The Morgan fingerprint density at radius 1 is 1.42 bits per heavy atom. The summed E-state index contributed by atoms with van der Waals surface area (Å²) in [5.74, 6) is 0.174. The van der Waals surface area contributed by atoms with E-state index in [4.69, 9.17) is 5.41 Å². The Kier molecular flexibility index (Phi) is 1.43. The number of aliphatic imine (C=N–C) groups is 1. The van der Waals surface area contributed by atoms with E-state index in [0.717, 1.165) is 5.71 Å². The number of fused-ring (bicyclic) bond motifs is 1. The molecule has 0 amide bonds. The summed E-state index contributed by atoms with van der Waals surface area (Å²) in [6, 6.07) is 0. The summed E-state index contributed by atoms with van der Waals surface area (Å²) in [5.41, 5.74) is 0.738. The second-order valence-corrected chi connectivity index (χ2v) is 2.71. The first-order chi connectivity index (χ1) is 5.77. The average Bonchev–Trinajstić information content (AvgIpc) is 2.04. The third-order valence-corrected chi connectivity index (χ3v) is 1.85. The van der Waals surface area contributed by atoms with Gasteiger partial charge in [0.2, 0.25) is 0 Å². The van der Waals surface area contributed by atoms with Gasteiger partial charge >= 0.3 is 0 Å². The third kappa shape index (κ3) is 0.993. The molecular weight excluding hydrogens is 152 g/mol. The van der Waals surface area contributed by atoms with Gasteiger partial charge in [-0.1, -0.05) is 18.2 Å². The van der Waals surface area contributed by atoms with Gasteiger partial charge in [0.25, 0.3) is 0 Å². The highest BCUT2D eigenvalue weighted by Crippen LogP contribution is 2.20. The van der Waals surface area contributed by atoms with Crippen LogP contribution in [0.2, 0.25) is 0 Å². The van der Waals surface area contributed by atoms with Crippen molar-refractivity contribution in [3.05, 3.63) is 36.1 Å². The van der Waals surface area contributed by atoms with Crippen LogP contribution in [0.4, 0.5) is 0 Å². The zero-order chi connectivity index (χ0) is 8.55. The third-order valence-electron chi connectivity index (χ3n) is 1.85. The molecule has 3 heteroatoms. The summed E-state index contributed by atoms with van der Waals surface area (Å²) in [7, 11) is 0. The Morgan fingerprint density at radius 2 is 2.25 bits per heavy atom. The van der Waals surface area contributed by atoms with Crippen LogP contribution in [0.5, 0.6) is 0 Å². The number of nitrogens with zero attached hydrogens (tertiary/aromatic N) is 1. The summed E-state index contributed by atoms with van der Waals surface area (Å²) in [6.07, 6.45) is 8.75. The van der Waals surface area contributed by atoms with Gasteiger partial charge in [0.1, 0.15) is 11.6 Å². The van der Waals surface area contributed by atoms with Gasteiger partial charge < -0.3 is 5.11 Å². The van der Waals surface area contributed by atoms with Crippen molar-refractivity contribution in [2.75, 3.05) is 0 Å². The number of aliphatic hydroxyl groups excluding tert-OH is 1. The molecule has 1 aliphatic heterocycles. The molecule has 60 valence electrons. The lowest BCUT2D eigenvalue weighted by molar-refractivity contribution is 0.383. The van der Waals surface area contributed by atoms with E-state index in [2.05, 4.69) is 4.99 Å². The average molecular weight is 160 g/mol. The molecule has 0 saturated carbocycles. The molecule has 0 bridgehead atoms. The number of rotatable bonds is 0. The van der Waals surface area contributed by atoms with Gasteiger partial charge in [-0.05, 0) is 6.08 Å². The van der Waals surface area contributed by atoms with Crippen molar-refractivity contribution in [1.82, 2.24) is 0 Å². The first-order valence-electron chi connectivity index (χ1n) is 3.70. The summed E-state index contributed by atoms with van der Waals surface area (Å²) in [4.78, 5) is 3.98. The number of dihydropyridines is 1. The number of hydrogen-bond donors (Lipinski definition) is 2. The minimum Gasteiger partial charge on any atom is -0.511 e. The van der Waals surface area contributed by atoms with Crippen LogP contribution in [-0.2, 0) is 0 Å². The van der Waals surface area contributed by atoms with Crippen molar-refractivity contribution in [2.24, 2.45) is 10.9 Å². The maximum Gasteiger partial charge on any atom is 0.148 e. The maximum atomic E-state index is 9.43. The Hall–Kier alpha value is -1.64. The van der Waals surface area contributed by atoms with Crippen LogP contribution in [-0.4, -0.2) is 16.7 Å². The van der Waals surface area contributed by atoms with Crippen molar-refractivity contribution < 1.29 is 5.11 Å². The fourth-order valence-corrected chi connectivity index (χ4v) is 1.29. The molecule has 2 rings (SSSR count). The minimum atomic E-state index is -0.135. The van der Waals surface area contributed by atoms with Gasteiger partial charge in [-0.25, -0.2) is 4.99 Å². The van der Waals surface area contributed by atoms with Crippen molar-refractivity contribution in [1.29, 1.82) is 5.41 Å². The van der Waals surface area contributed by atoms with Crippen LogP contribution in [0.3, 0.4) is 0 Å². The lowest BCUT2D eigenvalue weighted by Crippen LogP contribution is -2.20. The fourth-order valence-electron chi connectivity index (χ4n) is 1.29. The quantitative estimate of drug-likeness (QED) is 0.555. The number of nitrogens with one attached hydrogen (secondary N) is 1. The smallest absolute Gasteiger partial charge is 0.148 e. The van der Waals surface area contributed by atoms with Crippen LogP contribution in [0.15, 0.2) is 41.1 Å². The minimum absolute atomic E-state index is 0.110. The highest BCUT2D eigenvalue weighted by molar-refractivity contribution is 6.12.